The van der Waals surface area contributed by atoms with Gasteiger partial charge < -0.3 is 9.80 Å². The van der Waals surface area contributed by atoms with Crippen LogP contribution in [0.25, 0.3) is 0 Å². The number of aromatic nitrogens is 1. The van der Waals surface area contributed by atoms with Gasteiger partial charge in [-0.3, -0.25) is 0 Å². The molecule has 1 fully saturated rings. The van der Waals surface area contributed by atoms with E-state index in [1.165, 1.54) is 16.7 Å². The molecule has 3 nitrogen and oxygen atoms in total. The molecule has 2 aliphatic heterocycles. The van der Waals surface area contributed by atoms with Gasteiger partial charge in [-0.25, -0.2) is 4.98 Å². The monoisotopic (exact) mass is 371 g/mol. The molecule has 2 aliphatic rings. The first-order valence-corrected chi connectivity index (χ1v) is 7.77. The molecule has 1 aromatic heterocycles. The molecule has 3 heterocycles. The zero-order chi connectivity index (χ0) is 14.4. The number of halogens is 3. The fourth-order valence-electron chi connectivity index (χ4n) is 3.52. The van der Waals surface area contributed by atoms with Gasteiger partial charge in [-0.2, -0.15) is 0 Å². The van der Waals surface area contributed by atoms with Crippen molar-refractivity contribution in [1.29, 1.82) is 0 Å². The van der Waals surface area contributed by atoms with Crippen LogP contribution >= 0.6 is 36.4 Å². The summed E-state index contributed by atoms with van der Waals surface area (Å²) in [6.07, 6.45) is 2.81. The van der Waals surface area contributed by atoms with E-state index in [-0.39, 0.29) is 24.8 Å². The van der Waals surface area contributed by atoms with E-state index in [1.54, 1.807) is 0 Å². The Morgan fingerprint density at radius 2 is 1.96 bits per heavy atom. The number of anilines is 1. The van der Waals surface area contributed by atoms with Crippen molar-refractivity contribution in [2.75, 3.05) is 31.6 Å². The van der Waals surface area contributed by atoms with Crippen molar-refractivity contribution >= 4 is 42.2 Å². The molecule has 23 heavy (non-hydrogen) atoms. The summed E-state index contributed by atoms with van der Waals surface area (Å²) in [5.74, 6) is 1.14. The van der Waals surface area contributed by atoms with E-state index in [0.717, 1.165) is 36.9 Å². The van der Waals surface area contributed by atoms with E-state index < -0.39 is 0 Å². The summed E-state index contributed by atoms with van der Waals surface area (Å²) in [7, 11) is 2.19. The fourth-order valence-corrected chi connectivity index (χ4v) is 3.72. The molecule has 124 valence electrons. The van der Waals surface area contributed by atoms with Crippen molar-refractivity contribution in [3.63, 3.8) is 0 Å². The minimum atomic E-state index is 0. The second kappa shape index (κ2) is 7.27. The Bertz CT molecular complexity index is 693. The van der Waals surface area contributed by atoms with E-state index in [9.17, 15) is 0 Å². The minimum absolute atomic E-state index is 0. The molecule has 0 spiro atoms. The summed E-state index contributed by atoms with van der Waals surface area (Å²) in [6, 6.07) is 10.9. The molecule has 1 aromatic carbocycles. The van der Waals surface area contributed by atoms with Crippen LogP contribution in [0.5, 0.6) is 0 Å². The highest BCUT2D eigenvalue weighted by atomic mass is 35.5. The first kappa shape index (κ1) is 18.3. The van der Waals surface area contributed by atoms with E-state index in [0.29, 0.717) is 6.04 Å². The highest BCUT2D eigenvalue weighted by molar-refractivity contribution is 6.30. The lowest BCUT2D eigenvalue weighted by Crippen LogP contribution is -2.47. The average molecular weight is 373 g/mol. The molecule has 0 N–H and O–H groups in total. The molecule has 0 bridgehead atoms. The molecule has 0 aliphatic carbocycles. The minimum Gasteiger partial charge on any atom is -0.347 e. The van der Waals surface area contributed by atoms with Gasteiger partial charge in [0.2, 0.25) is 0 Å². The van der Waals surface area contributed by atoms with Crippen LogP contribution in [-0.4, -0.2) is 36.6 Å². The van der Waals surface area contributed by atoms with E-state index in [4.69, 9.17) is 11.6 Å². The van der Waals surface area contributed by atoms with E-state index in [2.05, 4.69) is 40.0 Å². The van der Waals surface area contributed by atoms with Crippen molar-refractivity contribution in [1.82, 2.24) is 9.88 Å². The third kappa shape index (κ3) is 3.29. The number of hydrogen-bond acceptors (Lipinski definition) is 3. The summed E-state index contributed by atoms with van der Waals surface area (Å²) in [6.45, 7) is 3.13. The number of rotatable bonds is 0. The van der Waals surface area contributed by atoms with Crippen LogP contribution in [0.4, 0.5) is 5.82 Å². The highest BCUT2D eigenvalue weighted by Gasteiger charge is 2.32. The molecule has 1 atom stereocenters. The second-order valence-electron chi connectivity index (χ2n) is 5.98. The van der Waals surface area contributed by atoms with Crippen LogP contribution < -0.4 is 4.90 Å². The van der Waals surface area contributed by atoms with Gasteiger partial charge in [-0.15, -0.1) is 24.8 Å². The molecular formula is C17H20Cl3N3. The van der Waals surface area contributed by atoms with Crippen LogP contribution in [0, 0.1) is 0 Å². The number of likely N-dealkylation sites (N-methyl/N-ethyl adjacent to an activating group) is 1. The first-order chi connectivity index (χ1) is 10.2. The summed E-state index contributed by atoms with van der Waals surface area (Å²) in [5.41, 5.74) is 4.02. The normalized spacial score (nSPS) is 19.4. The molecule has 4 rings (SSSR count). The molecule has 1 unspecified atom stereocenters. The highest BCUT2D eigenvalue weighted by Crippen LogP contribution is 2.38. The Morgan fingerprint density at radius 3 is 2.78 bits per heavy atom. The van der Waals surface area contributed by atoms with Crippen LogP contribution in [0.3, 0.4) is 0 Å². The standard InChI is InChI=1S/C17H18ClN3.2ClH/c1-20-7-8-21-16(11-20)15-5-4-14(18)10-13(15)9-12-3-2-6-19-17(12)21;;/h2-6,10,16H,7-9,11H2,1H3;2*1H. The van der Waals surface area contributed by atoms with E-state index in [1.807, 2.05) is 18.3 Å². The lowest BCUT2D eigenvalue weighted by Gasteiger charge is -2.41. The van der Waals surface area contributed by atoms with Gasteiger partial charge in [-0.1, -0.05) is 23.7 Å². The maximum absolute atomic E-state index is 6.22. The average Bonchev–Trinajstić information content (AvgIpc) is 2.60. The van der Waals surface area contributed by atoms with Crippen LogP contribution in [0.1, 0.15) is 22.7 Å². The fraction of sp³-hybridized carbons (Fsp3) is 0.353. The lowest BCUT2D eigenvalue weighted by molar-refractivity contribution is 0.268. The van der Waals surface area contributed by atoms with E-state index >= 15 is 0 Å². The third-order valence-electron chi connectivity index (χ3n) is 4.57. The quantitative estimate of drug-likeness (QED) is 0.697. The topological polar surface area (TPSA) is 19.4 Å². The number of nitrogens with zero attached hydrogens (tertiary/aromatic N) is 3. The number of fused-ring (bicyclic) bond motifs is 5. The predicted molar refractivity (Wildman–Crippen MR) is 101 cm³/mol. The summed E-state index contributed by atoms with van der Waals surface area (Å²) >= 11 is 6.22. The maximum Gasteiger partial charge on any atom is 0.132 e. The van der Waals surface area contributed by atoms with Crippen LogP contribution in [-0.2, 0) is 6.42 Å². The van der Waals surface area contributed by atoms with Gasteiger partial charge in [0.15, 0.2) is 0 Å². The summed E-state index contributed by atoms with van der Waals surface area (Å²) < 4.78 is 0. The van der Waals surface area contributed by atoms with Gasteiger partial charge in [0.1, 0.15) is 5.82 Å². The summed E-state index contributed by atoms with van der Waals surface area (Å²) in [4.78, 5) is 9.53. The second-order valence-corrected chi connectivity index (χ2v) is 6.41. The first-order valence-electron chi connectivity index (χ1n) is 7.40. The van der Waals surface area contributed by atoms with Crippen molar-refractivity contribution in [2.45, 2.75) is 12.5 Å². The Balaban J connectivity index is 0.000000960. The van der Waals surface area contributed by atoms with Gasteiger partial charge in [0, 0.05) is 37.3 Å². The molecule has 0 amide bonds. The molecule has 2 aromatic rings. The predicted octanol–water partition coefficient (Wildman–Crippen LogP) is 3.98. The Hall–Kier alpha value is -1.000. The molecule has 0 saturated carbocycles. The SMILES string of the molecule is CN1CCN2c3ncccc3Cc3cc(Cl)ccc3C2C1.Cl.Cl. The van der Waals surface area contributed by atoms with Crippen LogP contribution in [0.15, 0.2) is 36.5 Å². The lowest BCUT2D eigenvalue weighted by atomic mass is 9.96. The van der Waals surface area contributed by atoms with Gasteiger partial charge >= 0.3 is 0 Å². The van der Waals surface area contributed by atoms with Crippen molar-refractivity contribution in [2.24, 2.45) is 0 Å². The van der Waals surface area contributed by atoms with Crippen molar-refractivity contribution < 1.29 is 0 Å². The zero-order valence-electron chi connectivity index (χ0n) is 12.9. The van der Waals surface area contributed by atoms with Crippen molar-refractivity contribution in [3.8, 4) is 0 Å². The zero-order valence-corrected chi connectivity index (χ0v) is 15.3. The Labute approximate surface area is 154 Å². The number of benzene rings is 1. The molecule has 0 radical (unpaired) electrons. The number of hydrogen-bond donors (Lipinski definition) is 0. The Kier molecular flexibility index (Phi) is 5.79. The maximum atomic E-state index is 6.22. The number of pyridine rings is 1. The van der Waals surface area contributed by atoms with Crippen LogP contribution in [0.2, 0.25) is 5.02 Å². The van der Waals surface area contributed by atoms with Gasteiger partial charge in [-0.05, 0) is 41.9 Å². The van der Waals surface area contributed by atoms with Crippen molar-refractivity contribution in [3.05, 3.63) is 58.2 Å². The molecular weight excluding hydrogens is 353 g/mol. The molecule has 6 heteroatoms. The van der Waals surface area contributed by atoms with Gasteiger partial charge in [0.05, 0.1) is 6.04 Å². The smallest absolute Gasteiger partial charge is 0.132 e. The Morgan fingerprint density at radius 1 is 1.13 bits per heavy atom. The molecule has 1 saturated heterocycles. The van der Waals surface area contributed by atoms with Gasteiger partial charge in [0.25, 0.3) is 0 Å². The third-order valence-corrected chi connectivity index (χ3v) is 4.80. The largest absolute Gasteiger partial charge is 0.347 e. The summed E-state index contributed by atoms with van der Waals surface area (Å²) in [5, 5.41) is 0.816. The number of piperazine rings is 1.